The third kappa shape index (κ3) is 2.55. The maximum Gasteiger partial charge on any atom is 0.338 e. The average Bonchev–Trinajstić information content (AvgIpc) is 2.88. The number of amides is 1. The van der Waals surface area contributed by atoms with Crippen LogP contribution in [-0.4, -0.2) is 17.0 Å². The number of hydrogen-bond donors (Lipinski definition) is 2. The van der Waals surface area contributed by atoms with Crippen molar-refractivity contribution in [3.05, 3.63) is 29.3 Å². The number of hydrogen-bond acceptors (Lipinski definition) is 2. The first kappa shape index (κ1) is 14.6. The molecule has 4 nitrogen and oxygen atoms in total. The minimum atomic E-state index is -1.00. The van der Waals surface area contributed by atoms with Gasteiger partial charge in [0, 0.05) is 5.41 Å². The molecular weight excluding hydrogens is 254 g/mol. The molecule has 0 atom stereocenters. The molecule has 1 aromatic rings. The first-order valence-corrected chi connectivity index (χ1v) is 7.14. The van der Waals surface area contributed by atoms with E-state index in [1.165, 1.54) is 0 Å². The monoisotopic (exact) mass is 275 g/mol. The van der Waals surface area contributed by atoms with Crippen molar-refractivity contribution in [1.82, 2.24) is 0 Å². The summed E-state index contributed by atoms with van der Waals surface area (Å²) in [4.78, 5) is 23.9. The molecule has 1 amide bonds. The van der Waals surface area contributed by atoms with E-state index in [2.05, 4.69) is 5.32 Å². The summed E-state index contributed by atoms with van der Waals surface area (Å²) in [5, 5.41) is 12.1. The number of nitrogens with one attached hydrogen (secondary N) is 1. The van der Waals surface area contributed by atoms with Gasteiger partial charge in [-0.05, 0) is 37.8 Å². The van der Waals surface area contributed by atoms with E-state index < -0.39 is 5.97 Å². The van der Waals surface area contributed by atoms with Crippen LogP contribution in [-0.2, 0) is 4.79 Å². The third-order valence-electron chi connectivity index (χ3n) is 4.45. The number of aryl methyl sites for hydroxylation is 1. The average molecular weight is 275 g/mol. The largest absolute Gasteiger partial charge is 0.478 e. The van der Waals surface area contributed by atoms with Crippen LogP contribution in [0.4, 0.5) is 5.69 Å². The molecule has 1 fully saturated rings. The second-order valence-electron chi connectivity index (χ2n) is 5.60. The van der Waals surface area contributed by atoms with Crippen LogP contribution in [0.25, 0.3) is 0 Å². The zero-order valence-corrected chi connectivity index (χ0v) is 12.0. The molecule has 0 unspecified atom stereocenters. The van der Waals surface area contributed by atoms with E-state index in [0.29, 0.717) is 11.3 Å². The number of carbonyl (C=O) groups excluding carboxylic acids is 1. The summed E-state index contributed by atoms with van der Waals surface area (Å²) in [6, 6.07) is 5.17. The standard InChI is InChI=1S/C16H21NO3/c1-3-16(9-4-5-10-16)15(20)17-12-8-6-7-11(2)13(12)14(18)19/h6-8H,3-5,9-10H2,1-2H3,(H,17,20)(H,18,19). The van der Waals surface area contributed by atoms with Crippen LogP contribution in [0.5, 0.6) is 0 Å². The summed E-state index contributed by atoms with van der Waals surface area (Å²) < 4.78 is 0. The normalized spacial score (nSPS) is 16.9. The van der Waals surface area contributed by atoms with E-state index in [-0.39, 0.29) is 16.9 Å². The number of carbonyl (C=O) groups is 2. The van der Waals surface area contributed by atoms with Gasteiger partial charge >= 0.3 is 5.97 Å². The van der Waals surface area contributed by atoms with Crippen LogP contribution in [0.2, 0.25) is 0 Å². The quantitative estimate of drug-likeness (QED) is 0.882. The van der Waals surface area contributed by atoms with E-state index in [1.54, 1.807) is 25.1 Å². The van der Waals surface area contributed by atoms with Crippen molar-refractivity contribution >= 4 is 17.6 Å². The number of aromatic carboxylic acids is 1. The predicted octanol–water partition coefficient (Wildman–Crippen LogP) is 3.60. The topological polar surface area (TPSA) is 66.4 Å². The Morgan fingerprint density at radius 1 is 1.30 bits per heavy atom. The van der Waals surface area contributed by atoms with Crippen molar-refractivity contribution in [2.24, 2.45) is 5.41 Å². The number of anilines is 1. The molecule has 0 bridgehead atoms. The lowest BCUT2D eigenvalue weighted by Gasteiger charge is -2.26. The molecule has 0 saturated heterocycles. The summed E-state index contributed by atoms with van der Waals surface area (Å²) in [6.45, 7) is 3.77. The molecular formula is C16H21NO3. The van der Waals surface area contributed by atoms with Gasteiger partial charge in [0.25, 0.3) is 0 Å². The number of carboxylic acids is 1. The van der Waals surface area contributed by atoms with Gasteiger partial charge in [0.1, 0.15) is 0 Å². The fourth-order valence-electron chi connectivity index (χ4n) is 3.10. The Balaban J connectivity index is 2.28. The van der Waals surface area contributed by atoms with E-state index in [4.69, 9.17) is 0 Å². The van der Waals surface area contributed by atoms with Gasteiger partial charge in [-0.25, -0.2) is 4.79 Å². The van der Waals surface area contributed by atoms with E-state index >= 15 is 0 Å². The third-order valence-corrected chi connectivity index (χ3v) is 4.45. The van der Waals surface area contributed by atoms with Crippen molar-refractivity contribution in [3.8, 4) is 0 Å². The second kappa shape index (κ2) is 5.65. The smallest absolute Gasteiger partial charge is 0.338 e. The Labute approximate surface area is 119 Å². The van der Waals surface area contributed by atoms with Gasteiger partial charge in [-0.15, -0.1) is 0 Å². The lowest BCUT2D eigenvalue weighted by atomic mass is 9.82. The highest BCUT2D eigenvalue weighted by Crippen LogP contribution is 2.42. The fourth-order valence-corrected chi connectivity index (χ4v) is 3.10. The van der Waals surface area contributed by atoms with Crippen LogP contribution < -0.4 is 5.32 Å². The Hall–Kier alpha value is -1.84. The summed E-state index contributed by atoms with van der Waals surface area (Å²) in [6.07, 6.45) is 4.72. The second-order valence-corrected chi connectivity index (χ2v) is 5.60. The lowest BCUT2D eigenvalue weighted by Crippen LogP contribution is -2.33. The van der Waals surface area contributed by atoms with Crippen LogP contribution in [0, 0.1) is 12.3 Å². The van der Waals surface area contributed by atoms with Gasteiger partial charge < -0.3 is 10.4 Å². The molecule has 0 heterocycles. The molecule has 1 aliphatic carbocycles. The summed E-state index contributed by atoms with van der Waals surface area (Å²) in [5.74, 6) is -1.04. The molecule has 0 radical (unpaired) electrons. The Morgan fingerprint density at radius 3 is 2.50 bits per heavy atom. The molecule has 1 aliphatic rings. The molecule has 1 aromatic carbocycles. The van der Waals surface area contributed by atoms with Crippen molar-refractivity contribution in [2.45, 2.75) is 46.0 Å². The Bertz CT molecular complexity index is 531. The summed E-state index contributed by atoms with van der Waals surface area (Å²) in [7, 11) is 0. The van der Waals surface area contributed by atoms with Crippen LogP contribution in [0.1, 0.15) is 54.9 Å². The minimum Gasteiger partial charge on any atom is -0.478 e. The number of rotatable bonds is 4. The lowest BCUT2D eigenvalue weighted by molar-refractivity contribution is -0.125. The van der Waals surface area contributed by atoms with Gasteiger partial charge in [0.2, 0.25) is 5.91 Å². The Kier molecular flexibility index (Phi) is 4.12. The SMILES string of the molecule is CCC1(C(=O)Nc2cccc(C)c2C(=O)O)CCCC1. The van der Waals surface area contributed by atoms with Gasteiger partial charge in [0.05, 0.1) is 11.3 Å². The molecule has 0 aliphatic heterocycles. The molecule has 108 valence electrons. The van der Waals surface area contributed by atoms with E-state index in [1.807, 2.05) is 6.92 Å². The van der Waals surface area contributed by atoms with Gasteiger partial charge in [-0.1, -0.05) is 31.9 Å². The van der Waals surface area contributed by atoms with E-state index in [9.17, 15) is 14.7 Å². The number of carboxylic acid groups (broad SMARTS) is 1. The van der Waals surface area contributed by atoms with Gasteiger partial charge in [0.15, 0.2) is 0 Å². The van der Waals surface area contributed by atoms with Crippen LogP contribution in [0.15, 0.2) is 18.2 Å². The molecule has 2 rings (SSSR count). The highest BCUT2D eigenvalue weighted by Gasteiger charge is 2.39. The van der Waals surface area contributed by atoms with Gasteiger partial charge in [-0.3, -0.25) is 4.79 Å². The minimum absolute atomic E-state index is 0.0365. The predicted molar refractivity (Wildman–Crippen MR) is 78.0 cm³/mol. The molecule has 0 aromatic heterocycles. The van der Waals surface area contributed by atoms with Crippen molar-refractivity contribution in [1.29, 1.82) is 0 Å². The van der Waals surface area contributed by atoms with Crippen LogP contribution >= 0.6 is 0 Å². The maximum absolute atomic E-state index is 12.5. The zero-order valence-electron chi connectivity index (χ0n) is 12.0. The van der Waals surface area contributed by atoms with E-state index in [0.717, 1.165) is 32.1 Å². The maximum atomic E-state index is 12.5. The highest BCUT2D eigenvalue weighted by molar-refractivity contribution is 6.03. The van der Waals surface area contributed by atoms with Crippen LogP contribution in [0.3, 0.4) is 0 Å². The van der Waals surface area contributed by atoms with Crippen molar-refractivity contribution in [2.75, 3.05) is 5.32 Å². The first-order chi connectivity index (χ1) is 9.50. The van der Waals surface area contributed by atoms with Crippen molar-refractivity contribution in [3.63, 3.8) is 0 Å². The zero-order chi connectivity index (χ0) is 14.8. The number of benzene rings is 1. The van der Waals surface area contributed by atoms with Crippen molar-refractivity contribution < 1.29 is 14.7 Å². The highest BCUT2D eigenvalue weighted by atomic mass is 16.4. The van der Waals surface area contributed by atoms with Gasteiger partial charge in [-0.2, -0.15) is 0 Å². The molecule has 2 N–H and O–H groups in total. The summed E-state index contributed by atoms with van der Waals surface area (Å²) in [5.41, 5.74) is 0.930. The summed E-state index contributed by atoms with van der Waals surface area (Å²) >= 11 is 0. The molecule has 1 saturated carbocycles. The fraction of sp³-hybridized carbons (Fsp3) is 0.500. The Morgan fingerprint density at radius 2 is 1.95 bits per heavy atom. The molecule has 0 spiro atoms. The molecule has 4 heteroatoms. The first-order valence-electron chi connectivity index (χ1n) is 7.14. The molecule has 20 heavy (non-hydrogen) atoms.